The van der Waals surface area contributed by atoms with Crippen molar-refractivity contribution in [1.29, 1.82) is 0 Å². The molecule has 0 spiro atoms. The van der Waals surface area contributed by atoms with Crippen LogP contribution in [-0.4, -0.2) is 34.5 Å². The van der Waals surface area contributed by atoms with Gasteiger partial charge in [-0.25, -0.2) is 8.42 Å². The van der Waals surface area contributed by atoms with Crippen LogP contribution >= 0.6 is 0 Å². The first-order chi connectivity index (χ1) is 8.51. The van der Waals surface area contributed by atoms with Crippen molar-refractivity contribution in [2.24, 2.45) is 0 Å². The highest BCUT2D eigenvalue weighted by Gasteiger charge is 2.18. The lowest BCUT2D eigenvalue weighted by molar-refractivity contribution is 0.149. The number of hydrogen-bond acceptors (Lipinski definition) is 5. The Hall–Kier alpha value is -1.27. The van der Waals surface area contributed by atoms with E-state index in [1.807, 2.05) is 6.92 Å². The van der Waals surface area contributed by atoms with Crippen LogP contribution in [0, 0.1) is 0 Å². The highest BCUT2D eigenvalue weighted by atomic mass is 32.2. The first kappa shape index (κ1) is 14.8. The molecule has 1 aromatic rings. The zero-order chi connectivity index (χ0) is 13.6. The van der Waals surface area contributed by atoms with E-state index < -0.39 is 9.84 Å². The number of rotatable bonds is 7. The van der Waals surface area contributed by atoms with Gasteiger partial charge in [0, 0.05) is 12.7 Å². The summed E-state index contributed by atoms with van der Waals surface area (Å²) in [5, 5.41) is 0. The quantitative estimate of drug-likeness (QED) is 0.601. The van der Waals surface area contributed by atoms with Gasteiger partial charge in [-0.3, -0.25) is 0 Å². The Morgan fingerprint density at radius 3 is 2.61 bits per heavy atom. The van der Waals surface area contributed by atoms with Gasteiger partial charge in [0.25, 0.3) is 0 Å². The molecule has 0 atom stereocenters. The highest BCUT2D eigenvalue weighted by molar-refractivity contribution is 7.91. The fraction of sp³-hybridized carbons (Fsp3) is 0.500. The second-order valence-corrected chi connectivity index (χ2v) is 5.91. The van der Waals surface area contributed by atoms with Crippen LogP contribution in [0.5, 0.6) is 5.75 Å². The SMILES string of the molecule is CCCOCCS(=O)(=O)c1cc(OC)ccc1N. The van der Waals surface area contributed by atoms with Crippen molar-refractivity contribution >= 4 is 15.5 Å². The summed E-state index contributed by atoms with van der Waals surface area (Å²) in [6.07, 6.45) is 0.862. The van der Waals surface area contributed by atoms with E-state index in [2.05, 4.69) is 0 Å². The maximum atomic E-state index is 12.1. The van der Waals surface area contributed by atoms with Crippen molar-refractivity contribution in [1.82, 2.24) is 0 Å². The number of ether oxygens (including phenoxy) is 2. The molecule has 2 N–H and O–H groups in total. The summed E-state index contributed by atoms with van der Waals surface area (Å²) in [5.74, 6) is 0.391. The summed E-state index contributed by atoms with van der Waals surface area (Å²) in [6.45, 7) is 2.70. The monoisotopic (exact) mass is 273 g/mol. The van der Waals surface area contributed by atoms with Crippen LogP contribution in [0.25, 0.3) is 0 Å². The molecule has 5 nitrogen and oxygen atoms in total. The maximum absolute atomic E-state index is 12.1. The molecule has 1 rings (SSSR count). The van der Waals surface area contributed by atoms with Gasteiger partial charge in [-0.05, 0) is 18.6 Å². The van der Waals surface area contributed by atoms with Crippen molar-refractivity contribution in [2.75, 3.05) is 31.8 Å². The second-order valence-electron chi connectivity index (χ2n) is 3.84. The van der Waals surface area contributed by atoms with Gasteiger partial charge < -0.3 is 15.2 Å². The van der Waals surface area contributed by atoms with Crippen molar-refractivity contribution < 1.29 is 17.9 Å². The smallest absolute Gasteiger partial charge is 0.182 e. The number of nitrogens with two attached hydrogens (primary N) is 1. The molecule has 0 radical (unpaired) electrons. The number of methoxy groups -OCH3 is 1. The van der Waals surface area contributed by atoms with Crippen LogP contribution in [0.3, 0.4) is 0 Å². The molecule has 0 amide bonds. The molecule has 0 saturated heterocycles. The predicted molar refractivity (Wildman–Crippen MR) is 70.6 cm³/mol. The molecular formula is C12H19NO4S. The molecule has 1 aromatic carbocycles. The van der Waals surface area contributed by atoms with Crippen molar-refractivity contribution in [3.05, 3.63) is 18.2 Å². The zero-order valence-electron chi connectivity index (χ0n) is 10.7. The highest BCUT2D eigenvalue weighted by Crippen LogP contribution is 2.24. The summed E-state index contributed by atoms with van der Waals surface area (Å²) in [4.78, 5) is 0.0990. The number of anilines is 1. The fourth-order valence-corrected chi connectivity index (χ4v) is 2.72. The standard InChI is InChI=1S/C12H19NO4S/c1-3-6-17-7-8-18(14,15)12-9-10(16-2)4-5-11(12)13/h4-5,9H,3,6-8,13H2,1-2H3. The van der Waals surface area contributed by atoms with Gasteiger partial charge in [-0.1, -0.05) is 6.92 Å². The number of nitrogen functional groups attached to an aromatic ring is 1. The van der Waals surface area contributed by atoms with Crippen LogP contribution in [0.15, 0.2) is 23.1 Å². The molecule has 0 aliphatic carbocycles. The second kappa shape index (κ2) is 6.61. The lowest BCUT2D eigenvalue weighted by Crippen LogP contribution is -2.14. The lowest BCUT2D eigenvalue weighted by atomic mass is 10.3. The van der Waals surface area contributed by atoms with Crippen molar-refractivity contribution in [2.45, 2.75) is 18.2 Å². The molecule has 0 aromatic heterocycles. The van der Waals surface area contributed by atoms with E-state index in [0.29, 0.717) is 12.4 Å². The summed E-state index contributed by atoms with van der Waals surface area (Å²) in [6, 6.07) is 4.59. The zero-order valence-corrected chi connectivity index (χ0v) is 11.5. The Bertz CT molecular complexity index is 485. The van der Waals surface area contributed by atoms with Crippen LogP contribution in [0.1, 0.15) is 13.3 Å². The third kappa shape index (κ3) is 3.89. The van der Waals surface area contributed by atoms with Crippen molar-refractivity contribution in [3.63, 3.8) is 0 Å². The predicted octanol–water partition coefficient (Wildman–Crippen LogP) is 1.48. The van der Waals surface area contributed by atoms with E-state index in [0.717, 1.165) is 6.42 Å². The molecule has 0 aliphatic heterocycles. The van der Waals surface area contributed by atoms with Gasteiger partial charge in [0.05, 0.1) is 30.1 Å². The molecule has 6 heteroatoms. The number of hydrogen-bond donors (Lipinski definition) is 1. The maximum Gasteiger partial charge on any atom is 0.182 e. The van der Waals surface area contributed by atoms with Crippen molar-refractivity contribution in [3.8, 4) is 5.75 Å². The molecule has 0 bridgehead atoms. The fourth-order valence-electron chi connectivity index (χ4n) is 1.44. The summed E-state index contributed by atoms with van der Waals surface area (Å²) >= 11 is 0. The van der Waals surface area contributed by atoms with Crippen LogP contribution in [-0.2, 0) is 14.6 Å². The molecule has 0 aliphatic rings. The van der Waals surface area contributed by atoms with E-state index in [1.165, 1.54) is 19.2 Å². The largest absolute Gasteiger partial charge is 0.497 e. The summed E-state index contributed by atoms with van der Waals surface area (Å²) in [5.41, 5.74) is 5.91. The first-order valence-corrected chi connectivity index (χ1v) is 7.40. The third-order valence-electron chi connectivity index (χ3n) is 2.40. The number of benzene rings is 1. The topological polar surface area (TPSA) is 78.6 Å². The Morgan fingerprint density at radius 2 is 2.00 bits per heavy atom. The van der Waals surface area contributed by atoms with Gasteiger partial charge in [0.2, 0.25) is 0 Å². The molecule has 18 heavy (non-hydrogen) atoms. The van der Waals surface area contributed by atoms with Gasteiger partial charge in [0.1, 0.15) is 5.75 Å². The minimum Gasteiger partial charge on any atom is -0.497 e. The minimum absolute atomic E-state index is 0.0790. The normalized spacial score (nSPS) is 11.4. The third-order valence-corrected chi connectivity index (χ3v) is 4.13. The van der Waals surface area contributed by atoms with E-state index in [1.54, 1.807) is 6.07 Å². The van der Waals surface area contributed by atoms with Gasteiger partial charge in [-0.2, -0.15) is 0 Å². The van der Waals surface area contributed by atoms with Crippen LogP contribution in [0.4, 0.5) is 5.69 Å². The molecule has 0 unspecified atom stereocenters. The van der Waals surface area contributed by atoms with E-state index in [4.69, 9.17) is 15.2 Å². The molecule has 0 heterocycles. The van der Waals surface area contributed by atoms with E-state index in [-0.39, 0.29) is 22.9 Å². The van der Waals surface area contributed by atoms with Gasteiger partial charge in [-0.15, -0.1) is 0 Å². The van der Waals surface area contributed by atoms with Gasteiger partial charge >= 0.3 is 0 Å². The Kier molecular flexibility index (Phi) is 5.43. The Labute approximate surface area is 108 Å². The van der Waals surface area contributed by atoms with E-state index in [9.17, 15) is 8.42 Å². The minimum atomic E-state index is -3.43. The lowest BCUT2D eigenvalue weighted by Gasteiger charge is -2.09. The Morgan fingerprint density at radius 1 is 1.28 bits per heavy atom. The van der Waals surface area contributed by atoms with E-state index >= 15 is 0 Å². The average Bonchev–Trinajstić information content (AvgIpc) is 2.35. The number of sulfone groups is 1. The molecular weight excluding hydrogens is 254 g/mol. The summed E-state index contributed by atoms with van der Waals surface area (Å²) < 4.78 is 34.3. The van der Waals surface area contributed by atoms with Crippen LogP contribution in [0.2, 0.25) is 0 Å². The van der Waals surface area contributed by atoms with Crippen LogP contribution < -0.4 is 10.5 Å². The molecule has 0 saturated carbocycles. The van der Waals surface area contributed by atoms with Gasteiger partial charge in [0.15, 0.2) is 9.84 Å². The average molecular weight is 273 g/mol. The summed E-state index contributed by atoms with van der Waals surface area (Å²) in [7, 11) is -1.96. The first-order valence-electron chi connectivity index (χ1n) is 5.75. The molecule has 102 valence electrons. The molecule has 0 fully saturated rings. The Balaban J connectivity index is 2.83.